The third-order valence-electron chi connectivity index (χ3n) is 2.62. The Morgan fingerprint density at radius 2 is 1.93 bits per heavy atom. The minimum atomic E-state index is -3.59. The van der Waals surface area contributed by atoms with E-state index in [0.29, 0.717) is 6.04 Å². The molecule has 3 nitrogen and oxygen atoms in total. The van der Waals surface area contributed by atoms with Gasteiger partial charge in [0.25, 0.3) is 9.05 Å². The zero-order valence-corrected chi connectivity index (χ0v) is 9.68. The highest BCUT2D eigenvalue weighted by Crippen LogP contribution is 2.24. The van der Waals surface area contributed by atoms with Gasteiger partial charge in [-0.3, -0.25) is 0 Å². The summed E-state index contributed by atoms with van der Waals surface area (Å²) >= 11 is 0. The molecule has 1 aliphatic rings. The summed E-state index contributed by atoms with van der Waals surface area (Å²) in [6.45, 7) is 1.03. The molecule has 1 fully saturated rings. The van der Waals surface area contributed by atoms with Crippen LogP contribution < -0.4 is 5.32 Å². The summed E-state index contributed by atoms with van der Waals surface area (Å²) in [4.78, 5) is 0.158. The third-order valence-corrected chi connectivity index (χ3v) is 3.99. The van der Waals surface area contributed by atoms with E-state index in [1.165, 1.54) is 6.42 Å². The van der Waals surface area contributed by atoms with Crippen LogP contribution in [0.15, 0.2) is 29.2 Å². The Bertz CT molecular complexity index is 435. The molecule has 5 heteroatoms. The quantitative estimate of drug-likeness (QED) is 0.811. The molecule has 0 radical (unpaired) electrons. The van der Waals surface area contributed by atoms with Crippen molar-refractivity contribution in [2.75, 3.05) is 6.54 Å². The molecule has 1 N–H and O–H groups in total. The molecule has 2 rings (SSSR count). The van der Waals surface area contributed by atoms with Gasteiger partial charge in [-0.15, -0.1) is 0 Å². The van der Waals surface area contributed by atoms with Crippen LogP contribution in [0.2, 0.25) is 0 Å². The molecule has 1 heterocycles. The van der Waals surface area contributed by atoms with Gasteiger partial charge < -0.3 is 5.32 Å². The van der Waals surface area contributed by atoms with E-state index in [4.69, 9.17) is 10.7 Å². The second kappa shape index (κ2) is 4.12. The van der Waals surface area contributed by atoms with Crippen LogP contribution in [-0.4, -0.2) is 15.0 Å². The molecule has 1 aromatic carbocycles. The molecule has 0 bridgehead atoms. The van der Waals surface area contributed by atoms with Gasteiger partial charge in [0.1, 0.15) is 0 Å². The van der Waals surface area contributed by atoms with Gasteiger partial charge in [0.2, 0.25) is 0 Å². The standard InChI is InChI=1S/C10H12ClNO2S/c11-15(13,14)9-5-3-8(4-6-9)10-2-1-7-12-10/h3-6,10,12H,1-2,7H2. The van der Waals surface area contributed by atoms with Crippen molar-refractivity contribution in [2.45, 2.75) is 23.8 Å². The topological polar surface area (TPSA) is 46.2 Å². The fourth-order valence-electron chi connectivity index (χ4n) is 1.83. The van der Waals surface area contributed by atoms with E-state index in [1.54, 1.807) is 12.1 Å². The molecule has 1 aromatic rings. The van der Waals surface area contributed by atoms with Gasteiger partial charge in [0, 0.05) is 16.7 Å². The van der Waals surface area contributed by atoms with E-state index in [0.717, 1.165) is 18.5 Å². The van der Waals surface area contributed by atoms with Gasteiger partial charge >= 0.3 is 0 Å². The Labute approximate surface area is 93.9 Å². The second-order valence-corrected chi connectivity index (χ2v) is 6.22. The van der Waals surface area contributed by atoms with E-state index in [1.807, 2.05) is 12.1 Å². The zero-order valence-electron chi connectivity index (χ0n) is 8.11. The first-order chi connectivity index (χ1) is 7.07. The lowest BCUT2D eigenvalue weighted by Crippen LogP contribution is -2.12. The Kier molecular flexibility index (Phi) is 3.00. The summed E-state index contributed by atoms with van der Waals surface area (Å²) in [5.41, 5.74) is 1.12. The van der Waals surface area contributed by atoms with E-state index in [-0.39, 0.29) is 4.90 Å². The first kappa shape index (κ1) is 10.9. The Morgan fingerprint density at radius 3 is 2.40 bits per heavy atom. The van der Waals surface area contributed by atoms with Gasteiger partial charge in [0.05, 0.1) is 4.90 Å². The molecular weight excluding hydrogens is 234 g/mol. The maximum absolute atomic E-state index is 11.0. The smallest absolute Gasteiger partial charge is 0.261 e. The van der Waals surface area contributed by atoms with E-state index < -0.39 is 9.05 Å². The SMILES string of the molecule is O=S(=O)(Cl)c1ccc(C2CCCN2)cc1. The molecule has 0 amide bonds. The first-order valence-electron chi connectivity index (χ1n) is 4.85. The number of nitrogens with one attached hydrogen (secondary N) is 1. The molecule has 0 aromatic heterocycles. The normalized spacial score (nSPS) is 21.8. The molecule has 1 atom stereocenters. The van der Waals surface area contributed by atoms with Crippen LogP contribution in [0, 0.1) is 0 Å². The molecule has 0 spiro atoms. The minimum Gasteiger partial charge on any atom is -0.310 e. The number of rotatable bonds is 2. The van der Waals surface area contributed by atoms with Crippen molar-refractivity contribution in [3.05, 3.63) is 29.8 Å². The average Bonchev–Trinajstić information content (AvgIpc) is 2.69. The molecule has 1 aliphatic heterocycles. The monoisotopic (exact) mass is 245 g/mol. The molecule has 0 saturated carbocycles. The predicted molar refractivity (Wildman–Crippen MR) is 59.5 cm³/mol. The van der Waals surface area contributed by atoms with Crippen LogP contribution in [0.25, 0.3) is 0 Å². The molecular formula is C10H12ClNO2S. The fraction of sp³-hybridized carbons (Fsp3) is 0.400. The van der Waals surface area contributed by atoms with Gasteiger partial charge in [-0.1, -0.05) is 12.1 Å². The van der Waals surface area contributed by atoms with Crippen molar-refractivity contribution in [1.82, 2.24) is 5.32 Å². The molecule has 1 unspecified atom stereocenters. The summed E-state index contributed by atoms with van der Waals surface area (Å²) in [7, 11) is 1.64. The van der Waals surface area contributed by atoms with Crippen molar-refractivity contribution in [2.24, 2.45) is 0 Å². The molecule has 1 saturated heterocycles. The van der Waals surface area contributed by atoms with Crippen LogP contribution in [0.1, 0.15) is 24.4 Å². The largest absolute Gasteiger partial charge is 0.310 e. The van der Waals surface area contributed by atoms with Crippen LogP contribution in [0.4, 0.5) is 0 Å². The van der Waals surface area contributed by atoms with E-state index in [2.05, 4.69) is 5.32 Å². The highest BCUT2D eigenvalue weighted by atomic mass is 35.7. The van der Waals surface area contributed by atoms with Crippen LogP contribution in [0.3, 0.4) is 0 Å². The lowest BCUT2D eigenvalue weighted by atomic mass is 10.1. The lowest BCUT2D eigenvalue weighted by molar-refractivity contribution is 0.609. The van der Waals surface area contributed by atoms with Gasteiger partial charge in [0.15, 0.2) is 0 Å². The molecule has 82 valence electrons. The maximum Gasteiger partial charge on any atom is 0.261 e. The van der Waals surface area contributed by atoms with Crippen molar-refractivity contribution in [3.8, 4) is 0 Å². The number of hydrogen-bond acceptors (Lipinski definition) is 3. The lowest BCUT2D eigenvalue weighted by Gasteiger charge is -2.10. The van der Waals surface area contributed by atoms with E-state index in [9.17, 15) is 8.42 Å². The fourth-order valence-corrected chi connectivity index (χ4v) is 2.60. The highest BCUT2D eigenvalue weighted by molar-refractivity contribution is 8.13. The van der Waals surface area contributed by atoms with Crippen LogP contribution in [0.5, 0.6) is 0 Å². The maximum atomic E-state index is 11.0. The third kappa shape index (κ3) is 2.51. The first-order valence-corrected chi connectivity index (χ1v) is 7.16. The van der Waals surface area contributed by atoms with Crippen molar-refractivity contribution < 1.29 is 8.42 Å². The highest BCUT2D eigenvalue weighted by Gasteiger charge is 2.17. The Morgan fingerprint density at radius 1 is 1.27 bits per heavy atom. The van der Waals surface area contributed by atoms with Crippen LogP contribution >= 0.6 is 10.7 Å². The Balaban J connectivity index is 2.24. The Hall–Kier alpha value is -0.580. The number of halogens is 1. The summed E-state index contributed by atoms with van der Waals surface area (Å²) in [6, 6.07) is 7.10. The number of hydrogen-bond donors (Lipinski definition) is 1. The summed E-state index contributed by atoms with van der Waals surface area (Å²) in [5.74, 6) is 0. The summed E-state index contributed by atoms with van der Waals surface area (Å²) in [6.07, 6.45) is 2.27. The molecule has 0 aliphatic carbocycles. The molecule has 15 heavy (non-hydrogen) atoms. The zero-order chi connectivity index (χ0) is 10.9. The minimum absolute atomic E-state index is 0.158. The van der Waals surface area contributed by atoms with Gasteiger partial charge in [-0.05, 0) is 37.1 Å². The second-order valence-electron chi connectivity index (χ2n) is 3.66. The van der Waals surface area contributed by atoms with Gasteiger partial charge in [-0.25, -0.2) is 8.42 Å². The van der Waals surface area contributed by atoms with Gasteiger partial charge in [-0.2, -0.15) is 0 Å². The van der Waals surface area contributed by atoms with Crippen LogP contribution in [-0.2, 0) is 9.05 Å². The number of benzene rings is 1. The predicted octanol–water partition coefficient (Wildman–Crippen LogP) is 2.04. The summed E-state index contributed by atoms with van der Waals surface area (Å²) < 4.78 is 22.0. The van der Waals surface area contributed by atoms with Crippen molar-refractivity contribution in [1.29, 1.82) is 0 Å². The van der Waals surface area contributed by atoms with E-state index >= 15 is 0 Å². The average molecular weight is 246 g/mol. The van der Waals surface area contributed by atoms with Crippen molar-refractivity contribution in [3.63, 3.8) is 0 Å². The van der Waals surface area contributed by atoms with Crippen molar-refractivity contribution >= 4 is 19.7 Å². The summed E-state index contributed by atoms with van der Waals surface area (Å²) in [5, 5.41) is 3.35.